The Labute approximate surface area is 119 Å². The van der Waals surface area contributed by atoms with E-state index in [-0.39, 0.29) is 29.5 Å². The van der Waals surface area contributed by atoms with Crippen molar-refractivity contribution in [2.45, 2.75) is 6.54 Å². The van der Waals surface area contributed by atoms with Gasteiger partial charge in [0, 0.05) is 5.38 Å². The number of thiol groups is 1. The lowest BCUT2D eigenvalue weighted by atomic mass is 10.5. The highest BCUT2D eigenvalue weighted by molar-refractivity contribution is 7.96. The van der Waals surface area contributed by atoms with Crippen molar-refractivity contribution in [3.05, 3.63) is 11.1 Å². The number of hydrogen-bond donors (Lipinski definition) is 7. The van der Waals surface area contributed by atoms with Crippen molar-refractivity contribution in [3.63, 3.8) is 0 Å². The van der Waals surface area contributed by atoms with Gasteiger partial charge in [0.1, 0.15) is 0 Å². The third kappa shape index (κ3) is 6.27. The molecule has 1 rings (SSSR count). The first-order valence-electron chi connectivity index (χ1n) is 4.38. The molecule has 8 N–H and O–H groups in total. The van der Waals surface area contributed by atoms with Crippen LogP contribution in [-0.4, -0.2) is 22.1 Å². The summed E-state index contributed by atoms with van der Waals surface area (Å²) in [7, 11) is 0. The molecule has 0 aliphatic carbocycles. The number of aliphatic imine (C=N–C) groups is 1. The van der Waals surface area contributed by atoms with Crippen LogP contribution in [0.1, 0.15) is 5.69 Å². The minimum absolute atomic E-state index is 0. The second-order valence-electron chi connectivity index (χ2n) is 2.85. The number of nitrogens with one attached hydrogen (secondary N) is 4. The van der Waals surface area contributed by atoms with Crippen LogP contribution >= 0.6 is 36.4 Å². The van der Waals surface area contributed by atoms with E-state index >= 15 is 0 Å². The summed E-state index contributed by atoms with van der Waals surface area (Å²) >= 11 is 5.06. The molecule has 0 fully saturated rings. The normalized spacial score (nSPS) is 10.4. The van der Waals surface area contributed by atoms with Crippen LogP contribution in [0.5, 0.6) is 0 Å². The predicted octanol–water partition coefficient (Wildman–Crippen LogP) is 0.139. The summed E-state index contributed by atoms with van der Waals surface area (Å²) in [5.74, 6) is -0.259. The lowest BCUT2D eigenvalue weighted by molar-refractivity contribution is 0.870. The Hall–Kier alpha value is -1.52. The van der Waals surface area contributed by atoms with Crippen molar-refractivity contribution in [1.29, 1.82) is 10.8 Å². The van der Waals surface area contributed by atoms with E-state index in [4.69, 9.17) is 22.3 Å². The average molecular weight is 309 g/mol. The summed E-state index contributed by atoms with van der Waals surface area (Å²) in [5, 5.41) is 22.0. The minimum atomic E-state index is -0.168. The summed E-state index contributed by atoms with van der Waals surface area (Å²) in [6, 6.07) is 0. The molecule has 1 heterocycles. The number of anilines is 1. The Kier molecular flexibility index (Phi) is 7.08. The highest BCUT2D eigenvalue weighted by atomic mass is 35.5. The number of nitrogens with two attached hydrogens (primary N) is 2. The van der Waals surface area contributed by atoms with E-state index in [2.05, 4.69) is 33.2 Å². The molecule has 1 aromatic rings. The lowest BCUT2D eigenvalue weighted by Gasteiger charge is -2.01. The number of aromatic nitrogens is 1. The van der Waals surface area contributed by atoms with Crippen LogP contribution in [-0.2, 0) is 6.54 Å². The Bertz CT molecular complexity index is 452. The van der Waals surface area contributed by atoms with E-state index in [1.165, 1.54) is 11.3 Å². The van der Waals surface area contributed by atoms with Gasteiger partial charge in [-0.2, -0.15) is 4.99 Å². The maximum Gasteiger partial charge on any atom is 0.217 e. The van der Waals surface area contributed by atoms with Crippen LogP contribution < -0.4 is 22.1 Å². The van der Waals surface area contributed by atoms with E-state index in [1.807, 2.05) is 0 Å². The third-order valence-electron chi connectivity index (χ3n) is 1.46. The van der Waals surface area contributed by atoms with Gasteiger partial charge in [-0.05, 0) is 0 Å². The van der Waals surface area contributed by atoms with Gasteiger partial charge in [-0.15, -0.1) is 36.4 Å². The highest BCUT2D eigenvalue weighted by Crippen LogP contribution is 2.14. The van der Waals surface area contributed by atoms with Crippen LogP contribution in [0.2, 0.25) is 0 Å². The Balaban J connectivity index is 0.00000289. The number of halogens is 1. The lowest BCUT2D eigenvalue weighted by Crippen LogP contribution is -2.22. The largest absolute Gasteiger partial charge is 0.378 e. The van der Waals surface area contributed by atoms with Gasteiger partial charge in [0.15, 0.2) is 16.3 Å². The third-order valence-corrected chi connectivity index (χ3v) is 2.36. The molecule has 0 unspecified atom stereocenters. The molecule has 100 valence electrons. The van der Waals surface area contributed by atoms with E-state index in [1.54, 1.807) is 5.38 Å². The molecule has 1 aromatic heterocycles. The number of nitrogens with zero attached hydrogens (tertiary/aromatic N) is 2. The van der Waals surface area contributed by atoms with Crippen molar-refractivity contribution in [3.8, 4) is 0 Å². The molecule has 0 atom stereocenters. The summed E-state index contributed by atoms with van der Waals surface area (Å²) in [6.45, 7) is 0.333. The maximum absolute atomic E-state index is 7.37. The Morgan fingerprint density at radius 1 is 1.50 bits per heavy atom. The molecule has 0 radical (unpaired) electrons. The molecule has 0 aliphatic rings. The monoisotopic (exact) mass is 308 g/mol. The summed E-state index contributed by atoms with van der Waals surface area (Å²) < 4.78 is 0. The Morgan fingerprint density at radius 3 is 2.72 bits per heavy atom. The standard InChI is InChI=1S/C7H12N8S2.ClH/c8-4(9)14-7-13-3(2-17-7)1-12-5(10)15-6(11)16;/h2H,1H2,(H4,8,9,13,14)(H5,10,11,12,15,16);1H. The number of amidine groups is 1. The molecular weight excluding hydrogens is 296 g/mol. The first-order chi connectivity index (χ1) is 7.97. The smallest absolute Gasteiger partial charge is 0.217 e. The molecule has 8 nitrogen and oxygen atoms in total. The second kappa shape index (κ2) is 7.74. The van der Waals surface area contributed by atoms with Crippen molar-refractivity contribution >= 4 is 58.6 Å². The average Bonchev–Trinajstić information content (AvgIpc) is 2.60. The first kappa shape index (κ1) is 16.5. The molecule has 18 heavy (non-hydrogen) atoms. The highest BCUT2D eigenvalue weighted by Gasteiger charge is 2.03. The minimum Gasteiger partial charge on any atom is -0.378 e. The fourth-order valence-corrected chi connectivity index (χ4v) is 1.71. The molecule has 0 aromatic carbocycles. The van der Waals surface area contributed by atoms with E-state index < -0.39 is 0 Å². The van der Waals surface area contributed by atoms with Crippen LogP contribution in [0.4, 0.5) is 5.13 Å². The van der Waals surface area contributed by atoms with Crippen LogP contribution in [0, 0.1) is 10.8 Å². The molecule has 0 spiro atoms. The Morgan fingerprint density at radius 2 is 2.17 bits per heavy atom. The van der Waals surface area contributed by atoms with Gasteiger partial charge < -0.3 is 22.1 Å². The second-order valence-corrected chi connectivity index (χ2v) is 4.17. The summed E-state index contributed by atoms with van der Waals surface area (Å²) in [6.07, 6.45) is 0. The van der Waals surface area contributed by atoms with Crippen molar-refractivity contribution < 1.29 is 0 Å². The zero-order valence-corrected chi connectivity index (χ0v) is 11.6. The number of thiazole rings is 1. The number of hydrogen-bond acceptors (Lipinski definition) is 4. The molecule has 0 saturated heterocycles. The van der Waals surface area contributed by atoms with Crippen molar-refractivity contribution in [2.24, 2.45) is 16.5 Å². The molecule has 0 amide bonds. The van der Waals surface area contributed by atoms with Gasteiger partial charge in [-0.3, -0.25) is 10.8 Å². The van der Waals surface area contributed by atoms with Gasteiger partial charge in [-0.1, -0.05) is 0 Å². The molecule has 0 bridgehead atoms. The topological polar surface area (TPSA) is 149 Å². The molecule has 0 saturated carbocycles. The summed E-state index contributed by atoms with van der Waals surface area (Å²) in [4.78, 5) is 7.71. The maximum atomic E-state index is 7.37. The van der Waals surface area contributed by atoms with Crippen LogP contribution in [0.3, 0.4) is 0 Å². The predicted molar refractivity (Wildman–Crippen MR) is 80.1 cm³/mol. The van der Waals surface area contributed by atoms with Gasteiger partial charge in [0.2, 0.25) is 5.96 Å². The number of guanidine groups is 2. The van der Waals surface area contributed by atoms with E-state index in [0.717, 1.165) is 0 Å². The SMILES string of the molecule is Cl.N=C(N)Nc1nc(CNC(=N)N=C(N)S)cs1. The zero-order valence-electron chi connectivity index (χ0n) is 9.10. The molecule has 0 aliphatic heterocycles. The fourth-order valence-electron chi connectivity index (χ4n) is 0.889. The van der Waals surface area contributed by atoms with Gasteiger partial charge >= 0.3 is 0 Å². The quantitative estimate of drug-likeness (QED) is 0.241. The first-order valence-corrected chi connectivity index (χ1v) is 5.71. The zero-order chi connectivity index (χ0) is 12.8. The van der Waals surface area contributed by atoms with Crippen molar-refractivity contribution in [1.82, 2.24) is 10.3 Å². The van der Waals surface area contributed by atoms with Gasteiger partial charge in [0.05, 0.1) is 12.2 Å². The van der Waals surface area contributed by atoms with Crippen molar-refractivity contribution in [2.75, 3.05) is 5.32 Å². The number of rotatable bonds is 3. The summed E-state index contributed by atoms with van der Waals surface area (Å²) in [5.41, 5.74) is 11.1. The van der Waals surface area contributed by atoms with Gasteiger partial charge in [-0.25, -0.2) is 4.98 Å². The van der Waals surface area contributed by atoms with Crippen LogP contribution in [0.25, 0.3) is 0 Å². The molecule has 11 heteroatoms. The van der Waals surface area contributed by atoms with Crippen LogP contribution in [0.15, 0.2) is 10.4 Å². The molecular formula is C7H13ClN8S2. The van der Waals surface area contributed by atoms with E-state index in [9.17, 15) is 0 Å². The fraction of sp³-hybridized carbons (Fsp3) is 0.143. The van der Waals surface area contributed by atoms with Gasteiger partial charge in [0.25, 0.3) is 0 Å². The van der Waals surface area contributed by atoms with E-state index in [0.29, 0.717) is 17.4 Å².